The smallest absolute Gasteiger partial charge is 0.257 e. The van der Waals surface area contributed by atoms with Gasteiger partial charge in [0.05, 0.1) is 23.9 Å². The number of amides is 1. The highest BCUT2D eigenvalue weighted by Gasteiger charge is 2.45. The number of hydrogen-bond donors (Lipinski definition) is 0. The molecular weight excluding hydrogens is 268 g/mol. The number of hydrogen-bond acceptors (Lipinski definition) is 5. The van der Waals surface area contributed by atoms with Gasteiger partial charge in [0.25, 0.3) is 5.91 Å². The van der Waals surface area contributed by atoms with Crippen molar-refractivity contribution < 1.29 is 9.21 Å². The Morgan fingerprint density at radius 3 is 2.76 bits per heavy atom. The van der Waals surface area contributed by atoms with Gasteiger partial charge in [0.2, 0.25) is 5.95 Å². The van der Waals surface area contributed by atoms with Gasteiger partial charge in [-0.2, -0.15) is 0 Å². The number of furan rings is 1. The van der Waals surface area contributed by atoms with E-state index in [1.165, 1.54) is 6.26 Å². The topological polar surface area (TPSA) is 62.5 Å². The van der Waals surface area contributed by atoms with Gasteiger partial charge in [-0.3, -0.25) is 4.79 Å². The fourth-order valence-corrected chi connectivity index (χ4v) is 3.48. The number of anilines is 1. The molecule has 0 N–H and O–H groups in total. The minimum Gasteiger partial charge on any atom is -0.472 e. The molecule has 2 saturated heterocycles. The van der Waals surface area contributed by atoms with Crippen LogP contribution in [0.15, 0.2) is 41.5 Å². The SMILES string of the molecule is O=C(c1ccoc1)N1CC[C@H]2[C@H]1CCN2c1ncccn1. The predicted molar refractivity (Wildman–Crippen MR) is 75.9 cm³/mol. The van der Waals surface area contributed by atoms with Gasteiger partial charge in [0.1, 0.15) is 6.26 Å². The van der Waals surface area contributed by atoms with Crippen LogP contribution in [0.1, 0.15) is 23.2 Å². The molecule has 6 nitrogen and oxygen atoms in total. The van der Waals surface area contributed by atoms with Crippen LogP contribution >= 0.6 is 0 Å². The van der Waals surface area contributed by atoms with E-state index in [1.807, 2.05) is 11.0 Å². The Morgan fingerprint density at radius 1 is 1.19 bits per heavy atom. The van der Waals surface area contributed by atoms with Gasteiger partial charge in [-0.1, -0.05) is 0 Å². The lowest BCUT2D eigenvalue weighted by atomic mass is 10.1. The van der Waals surface area contributed by atoms with Gasteiger partial charge in [-0.15, -0.1) is 0 Å². The molecule has 0 bridgehead atoms. The molecule has 2 fully saturated rings. The van der Waals surface area contributed by atoms with E-state index < -0.39 is 0 Å². The highest BCUT2D eigenvalue weighted by Crippen LogP contribution is 2.34. The van der Waals surface area contributed by atoms with Gasteiger partial charge in [-0.05, 0) is 25.0 Å². The molecule has 1 amide bonds. The fourth-order valence-electron chi connectivity index (χ4n) is 3.48. The average Bonchev–Trinajstić information content (AvgIpc) is 3.24. The van der Waals surface area contributed by atoms with E-state index in [0.717, 1.165) is 31.9 Å². The van der Waals surface area contributed by atoms with E-state index >= 15 is 0 Å². The molecule has 0 radical (unpaired) electrons. The zero-order valence-corrected chi connectivity index (χ0v) is 11.6. The first-order valence-corrected chi connectivity index (χ1v) is 7.21. The molecule has 6 heteroatoms. The summed E-state index contributed by atoms with van der Waals surface area (Å²) in [6, 6.07) is 4.11. The molecule has 0 unspecified atom stereocenters. The Balaban J connectivity index is 1.55. The van der Waals surface area contributed by atoms with Gasteiger partial charge in [0.15, 0.2) is 0 Å². The summed E-state index contributed by atoms with van der Waals surface area (Å²) < 4.78 is 5.02. The zero-order valence-electron chi connectivity index (χ0n) is 11.6. The van der Waals surface area contributed by atoms with Crippen molar-refractivity contribution in [2.24, 2.45) is 0 Å². The first-order chi connectivity index (χ1) is 10.3. The summed E-state index contributed by atoms with van der Waals surface area (Å²) in [7, 11) is 0. The summed E-state index contributed by atoms with van der Waals surface area (Å²) in [5.41, 5.74) is 0.630. The molecule has 108 valence electrons. The van der Waals surface area contributed by atoms with Gasteiger partial charge in [0, 0.05) is 25.5 Å². The number of carbonyl (C=O) groups excluding carboxylic acids is 1. The lowest BCUT2D eigenvalue weighted by Gasteiger charge is -2.25. The van der Waals surface area contributed by atoms with Crippen molar-refractivity contribution in [2.75, 3.05) is 18.0 Å². The Hall–Kier alpha value is -2.37. The number of nitrogens with zero attached hydrogens (tertiary/aromatic N) is 4. The van der Waals surface area contributed by atoms with E-state index in [4.69, 9.17) is 4.42 Å². The molecule has 2 aliphatic rings. The van der Waals surface area contributed by atoms with Gasteiger partial charge >= 0.3 is 0 Å². The van der Waals surface area contributed by atoms with Crippen LogP contribution in [0.3, 0.4) is 0 Å². The lowest BCUT2D eigenvalue weighted by Crippen LogP contribution is -2.40. The van der Waals surface area contributed by atoms with Crippen LogP contribution in [-0.2, 0) is 0 Å². The van der Waals surface area contributed by atoms with E-state index in [-0.39, 0.29) is 11.9 Å². The van der Waals surface area contributed by atoms with Crippen LogP contribution in [0.2, 0.25) is 0 Å². The standard InChI is InChI=1S/C15H16N4O2/c20-14(11-4-9-21-10-11)18-7-2-13-12(18)3-8-19(13)15-16-5-1-6-17-15/h1,4-6,9-10,12-13H,2-3,7-8H2/t12-,13+/m1/s1. The van der Waals surface area contributed by atoms with Crippen LogP contribution in [-0.4, -0.2) is 45.9 Å². The van der Waals surface area contributed by atoms with Crippen LogP contribution in [0, 0.1) is 0 Å². The summed E-state index contributed by atoms with van der Waals surface area (Å²) in [4.78, 5) is 25.4. The highest BCUT2D eigenvalue weighted by atomic mass is 16.3. The molecule has 0 aliphatic carbocycles. The lowest BCUT2D eigenvalue weighted by molar-refractivity contribution is 0.0737. The normalized spacial score (nSPS) is 24.4. The summed E-state index contributed by atoms with van der Waals surface area (Å²) in [5.74, 6) is 0.828. The van der Waals surface area contributed by atoms with Crippen LogP contribution in [0.5, 0.6) is 0 Å². The number of fused-ring (bicyclic) bond motifs is 1. The van der Waals surface area contributed by atoms with Crippen molar-refractivity contribution >= 4 is 11.9 Å². The second-order valence-electron chi connectivity index (χ2n) is 5.46. The molecule has 2 atom stereocenters. The molecule has 2 aromatic rings. The summed E-state index contributed by atoms with van der Waals surface area (Å²) in [6.07, 6.45) is 8.51. The minimum absolute atomic E-state index is 0.0621. The van der Waals surface area contributed by atoms with E-state index in [9.17, 15) is 4.79 Å². The maximum absolute atomic E-state index is 12.5. The van der Waals surface area contributed by atoms with Crippen molar-refractivity contribution in [3.8, 4) is 0 Å². The first kappa shape index (κ1) is 12.4. The third-order valence-electron chi connectivity index (χ3n) is 4.41. The second kappa shape index (κ2) is 4.87. The minimum atomic E-state index is 0.0621. The number of likely N-dealkylation sites (tertiary alicyclic amines) is 1. The van der Waals surface area contributed by atoms with Crippen LogP contribution in [0.25, 0.3) is 0 Å². The van der Waals surface area contributed by atoms with Gasteiger partial charge < -0.3 is 14.2 Å². The molecule has 0 saturated carbocycles. The van der Waals surface area contributed by atoms with E-state index in [1.54, 1.807) is 24.7 Å². The summed E-state index contributed by atoms with van der Waals surface area (Å²) >= 11 is 0. The third-order valence-corrected chi connectivity index (χ3v) is 4.41. The monoisotopic (exact) mass is 284 g/mol. The quantitative estimate of drug-likeness (QED) is 0.837. The average molecular weight is 284 g/mol. The van der Waals surface area contributed by atoms with Crippen molar-refractivity contribution in [1.82, 2.24) is 14.9 Å². The highest BCUT2D eigenvalue weighted by molar-refractivity contribution is 5.94. The number of aromatic nitrogens is 2. The van der Waals surface area contributed by atoms with Crippen molar-refractivity contribution in [1.29, 1.82) is 0 Å². The van der Waals surface area contributed by atoms with Crippen LogP contribution in [0.4, 0.5) is 5.95 Å². The third kappa shape index (κ3) is 1.98. The summed E-state index contributed by atoms with van der Waals surface area (Å²) in [5, 5.41) is 0. The maximum Gasteiger partial charge on any atom is 0.257 e. The molecule has 0 aromatic carbocycles. The van der Waals surface area contributed by atoms with Crippen molar-refractivity contribution in [3.63, 3.8) is 0 Å². The molecule has 2 aromatic heterocycles. The largest absolute Gasteiger partial charge is 0.472 e. The Kier molecular flexibility index (Phi) is 2.87. The molecule has 4 rings (SSSR count). The molecule has 0 spiro atoms. The molecule has 2 aliphatic heterocycles. The van der Waals surface area contributed by atoms with Crippen molar-refractivity contribution in [2.45, 2.75) is 24.9 Å². The van der Waals surface area contributed by atoms with E-state index in [2.05, 4.69) is 14.9 Å². The molecule has 21 heavy (non-hydrogen) atoms. The predicted octanol–water partition coefficient (Wildman–Crippen LogP) is 1.56. The molecule has 4 heterocycles. The maximum atomic E-state index is 12.5. The Bertz CT molecular complexity index is 628. The second-order valence-corrected chi connectivity index (χ2v) is 5.46. The zero-order chi connectivity index (χ0) is 14.2. The first-order valence-electron chi connectivity index (χ1n) is 7.21. The molecular formula is C15H16N4O2. The number of carbonyl (C=O) groups is 1. The van der Waals surface area contributed by atoms with Crippen LogP contribution < -0.4 is 4.90 Å². The Morgan fingerprint density at radius 2 is 2.00 bits per heavy atom. The Labute approximate surface area is 122 Å². The van der Waals surface area contributed by atoms with Crippen molar-refractivity contribution in [3.05, 3.63) is 42.6 Å². The summed E-state index contributed by atoms with van der Waals surface area (Å²) in [6.45, 7) is 1.68. The van der Waals surface area contributed by atoms with E-state index in [0.29, 0.717) is 11.6 Å². The number of rotatable bonds is 2. The fraction of sp³-hybridized carbons (Fsp3) is 0.400. The van der Waals surface area contributed by atoms with Gasteiger partial charge in [-0.25, -0.2) is 9.97 Å².